The molecule has 1 heterocycles. The molecule has 1 aromatic rings. The molecule has 2 nitrogen and oxygen atoms in total. The number of hydrogen-bond acceptors (Lipinski definition) is 2. The molecule has 2 rings (SSSR count). The Morgan fingerprint density at radius 1 is 1.29 bits per heavy atom. The summed E-state index contributed by atoms with van der Waals surface area (Å²) in [5.41, 5.74) is 2.77. The van der Waals surface area contributed by atoms with E-state index in [9.17, 15) is 0 Å². The Kier molecular flexibility index (Phi) is 3.17. The van der Waals surface area contributed by atoms with Gasteiger partial charge in [-0.3, -0.25) is 0 Å². The lowest BCUT2D eigenvalue weighted by Crippen LogP contribution is -2.39. The predicted octanol–water partition coefficient (Wildman–Crippen LogP) is 3.45. The largest absolute Gasteiger partial charge is 0.489 e. The van der Waals surface area contributed by atoms with Gasteiger partial charge >= 0.3 is 0 Å². The molecule has 94 valence electrons. The van der Waals surface area contributed by atoms with Crippen LogP contribution >= 0.6 is 0 Å². The molecule has 0 saturated carbocycles. The van der Waals surface area contributed by atoms with Crippen LogP contribution in [0.1, 0.15) is 44.4 Å². The standard InChI is InChI=1S/C15H23NO/c1-10-6-7-13-11(8-10)12(16-5)9-14(17-13)15(2,3)4/h6-8,12,14,16H,9H2,1-5H3. The van der Waals surface area contributed by atoms with Crippen LogP contribution in [0.2, 0.25) is 0 Å². The third-order valence-electron chi connectivity index (χ3n) is 3.57. The Morgan fingerprint density at radius 3 is 2.59 bits per heavy atom. The van der Waals surface area contributed by atoms with E-state index in [0.717, 1.165) is 12.2 Å². The molecule has 2 heteroatoms. The van der Waals surface area contributed by atoms with Gasteiger partial charge in [0.05, 0.1) is 0 Å². The fourth-order valence-electron chi connectivity index (χ4n) is 2.39. The van der Waals surface area contributed by atoms with Crippen molar-refractivity contribution in [1.29, 1.82) is 0 Å². The van der Waals surface area contributed by atoms with E-state index in [4.69, 9.17) is 4.74 Å². The molecular weight excluding hydrogens is 210 g/mol. The minimum absolute atomic E-state index is 0.178. The van der Waals surface area contributed by atoms with Crippen LogP contribution in [0.3, 0.4) is 0 Å². The molecule has 0 fully saturated rings. The minimum Gasteiger partial charge on any atom is -0.489 e. The highest BCUT2D eigenvalue weighted by atomic mass is 16.5. The van der Waals surface area contributed by atoms with E-state index in [-0.39, 0.29) is 11.5 Å². The molecule has 0 radical (unpaired) electrons. The van der Waals surface area contributed by atoms with E-state index < -0.39 is 0 Å². The maximum absolute atomic E-state index is 6.14. The van der Waals surface area contributed by atoms with Gasteiger partial charge in [0.15, 0.2) is 0 Å². The second-order valence-electron chi connectivity index (χ2n) is 6.09. The predicted molar refractivity (Wildman–Crippen MR) is 71.5 cm³/mol. The van der Waals surface area contributed by atoms with Gasteiger partial charge in [-0.2, -0.15) is 0 Å². The lowest BCUT2D eigenvalue weighted by molar-refractivity contribution is 0.0539. The van der Waals surface area contributed by atoms with Gasteiger partial charge in [0.25, 0.3) is 0 Å². The molecule has 0 bridgehead atoms. The summed E-state index contributed by atoms with van der Waals surface area (Å²) in [7, 11) is 2.03. The molecule has 0 amide bonds. The highest BCUT2D eigenvalue weighted by Gasteiger charge is 2.34. The van der Waals surface area contributed by atoms with Crippen LogP contribution in [0.5, 0.6) is 5.75 Å². The second-order valence-corrected chi connectivity index (χ2v) is 6.09. The quantitative estimate of drug-likeness (QED) is 0.802. The van der Waals surface area contributed by atoms with Crippen molar-refractivity contribution in [3.63, 3.8) is 0 Å². The zero-order valence-corrected chi connectivity index (χ0v) is 11.5. The smallest absolute Gasteiger partial charge is 0.124 e. The van der Waals surface area contributed by atoms with Gasteiger partial charge in [-0.25, -0.2) is 0 Å². The first-order valence-corrected chi connectivity index (χ1v) is 6.36. The summed E-state index contributed by atoms with van der Waals surface area (Å²) in [6.07, 6.45) is 1.31. The maximum Gasteiger partial charge on any atom is 0.124 e. The molecular formula is C15H23NO. The number of hydrogen-bond donors (Lipinski definition) is 1. The molecule has 0 saturated heterocycles. The van der Waals surface area contributed by atoms with Gasteiger partial charge in [0.2, 0.25) is 0 Å². The van der Waals surface area contributed by atoms with Crippen molar-refractivity contribution < 1.29 is 4.74 Å². The molecule has 1 aromatic carbocycles. The molecule has 1 aliphatic heterocycles. The van der Waals surface area contributed by atoms with Crippen LogP contribution < -0.4 is 10.1 Å². The van der Waals surface area contributed by atoms with Gasteiger partial charge < -0.3 is 10.1 Å². The Labute approximate surface area is 104 Å². The Hall–Kier alpha value is -1.02. The van der Waals surface area contributed by atoms with Crippen LogP contribution in [-0.2, 0) is 0 Å². The number of rotatable bonds is 1. The fraction of sp³-hybridized carbons (Fsp3) is 0.600. The molecule has 2 unspecified atom stereocenters. The van der Waals surface area contributed by atoms with E-state index in [0.29, 0.717) is 6.04 Å². The van der Waals surface area contributed by atoms with Crippen LogP contribution in [0.25, 0.3) is 0 Å². The van der Waals surface area contributed by atoms with E-state index in [2.05, 4.69) is 51.2 Å². The monoisotopic (exact) mass is 233 g/mol. The molecule has 0 aromatic heterocycles. The third-order valence-corrected chi connectivity index (χ3v) is 3.57. The van der Waals surface area contributed by atoms with Crippen molar-refractivity contribution in [3.05, 3.63) is 29.3 Å². The number of benzene rings is 1. The van der Waals surface area contributed by atoms with Gasteiger partial charge in [-0.15, -0.1) is 0 Å². The van der Waals surface area contributed by atoms with Crippen molar-refractivity contribution in [2.24, 2.45) is 5.41 Å². The zero-order valence-electron chi connectivity index (χ0n) is 11.5. The van der Waals surface area contributed by atoms with Crippen molar-refractivity contribution in [2.45, 2.75) is 46.3 Å². The maximum atomic E-state index is 6.14. The van der Waals surface area contributed by atoms with Crippen LogP contribution in [-0.4, -0.2) is 13.2 Å². The summed E-state index contributed by atoms with van der Waals surface area (Å²) in [5, 5.41) is 3.41. The van der Waals surface area contributed by atoms with Gasteiger partial charge in [-0.1, -0.05) is 38.5 Å². The van der Waals surface area contributed by atoms with Crippen LogP contribution in [0, 0.1) is 12.3 Å². The van der Waals surface area contributed by atoms with E-state index >= 15 is 0 Å². The SMILES string of the molecule is CNC1CC(C(C)(C)C)Oc2ccc(C)cc21. The highest BCUT2D eigenvalue weighted by Crippen LogP contribution is 2.40. The minimum atomic E-state index is 0.178. The van der Waals surface area contributed by atoms with Crippen molar-refractivity contribution >= 4 is 0 Å². The average Bonchev–Trinajstić information content (AvgIpc) is 2.26. The number of nitrogens with one attached hydrogen (secondary N) is 1. The molecule has 1 N–H and O–H groups in total. The molecule has 1 aliphatic rings. The molecule has 0 spiro atoms. The van der Waals surface area contributed by atoms with Crippen LogP contribution in [0.4, 0.5) is 0 Å². The summed E-state index contributed by atoms with van der Waals surface area (Å²) in [6.45, 7) is 8.85. The number of ether oxygens (including phenoxy) is 1. The first kappa shape index (κ1) is 12.4. The molecule has 0 aliphatic carbocycles. The summed E-state index contributed by atoms with van der Waals surface area (Å²) in [4.78, 5) is 0. The Bertz CT molecular complexity index is 406. The second kappa shape index (κ2) is 4.34. The Balaban J connectivity index is 2.36. The van der Waals surface area contributed by atoms with Gasteiger partial charge in [0.1, 0.15) is 11.9 Å². The van der Waals surface area contributed by atoms with Crippen LogP contribution in [0.15, 0.2) is 18.2 Å². The van der Waals surface area contributed by atoms with Gasteiger partial charge in [0, 0.05) is 18.0 Å². The zero-order chi connectivity index (χ0) is 12.6. The van der Waals surface area contributed by atoms with Crippen molar-refractivity contribution in [2.75, 3.05) is 7.05 Å². The Morgan fingerprint density at radius 2 is 2.00 bits per heavy atom. The van der Waals surface area contributed by atoms with Gasteiger partial charge in [-0.05, 0) is 25.5 Å². The van der Waals surface area contributed by atoms with Crippen molar-refractivity contribution in [1.82, 2.24) is 5.32 Å². The fourth-order valence-corrected chi connectivity index (χ4v) is 2.39. The van der Waals surface area contributed by atoms with E-state index in [1.807, 2.05) is 7.05 Å². The number of fused-ring (bicyclic) bond motifs is 1. The first-order valence-electron chi connectivity index (χ1n) is 6.36. The summed E-state index contributed by atoms with van der Waals surface area (Å²) in [6, 6.07) is 6.86. The summed E-state index contributed by atoms with van der Waals surface area (Å²) >= 11 is 0. The number of aryl methyl sites for hydroxylation is 1. The first-order chi connectivity index (χ1) is 7.91. The summed E-state index contributed by atoms with van der Waals surface area (Å²) < 4.78 is 6.14. The van der Waals surface area contributed by atoms with E-state index in [1.165, 1.54) is 11.1 Å². The normalized spacial score (nSPS) is 24.1. The lowest BCUT2D eigenvalue weighted by atomic mass is 9.82. The highest BCUT2D eigenvalue weighted by molar-refractivity contribution is 5.41. The topological polar surface area (TPSA) is 21.3 Å². The third kappa shape index (κ3) is 2.47. The van der Waals surface area contributed by atoms with E-state index in [1.54, 1.807) is 0 Å². The molecule has 2 atom stereocenters. The summed E-state index contributed by atoms with van der Waals surface area (Å²) in [5.74, 6) is 1.04. The average molecular weight is 233 g/mol. The molecule has 17 heavy (non-hydrogen) atoms. The lowest BCUT2D eigenvalue weighted by Gasteiger charge is -2.39. The van der Waals surface area contributed by atoms with Crippen molar-refractivity contribution in [3.8, 4) is 5.75 Å².